The van der Waals surface area contributed by atoms with Gasteiger partial charge in [-0.2, -0.15) is 4.98 Å². The Labute approximate surface area is 109 Å². The van der Waals surface area contributed by atoms with E-state index >= 15 is 0 Å². The van der Waals surface area contributed by atoms with Gasteiger partial charge in [0.05, 0.1) is 5.92 Å². The van der Waals surface area contributed by atoms with E-state index in [1.807, 2.05) is 6.92 Å². The quantitative estimate of drug-likeness (QED) is 0.826. The molecule has 2 aliphatic rings. The summed E-state index contributed by atoms with van der Waals surface area (Å²) in [6.45, 7) is 5.54. The second kappa shape index (κ2) is 5.39. The second-order valence-corrected chi connectivity index (χ2v) is 5.93. The van der Waals surface area contributed by atoms with E-state index in [-0.39, 0.29) is 0 Å². The molecule has 2 heterocycles. The van der Waals surface area contributed by atoms with E-state index in [0.29, 0.717) is 5.92 Å². The summed E-state index contributed by atoms with van der Waals surface area (Å²) in [6.07, 6.45) is 8.19. The maximum Gasteiger partial charge on any atom is 0.231 e. The minimum atomic E-state index is 0.460. The second-order valence-electron chi connectivity index (χ2n) is 5.93. The van der Waals surface area contributed by atoms with Gasteiger partial charge in [0.1, 0.15) is 0 Å². The summed E-state index contributed by atoms with van der Waals surface area (Å²) in [4.78, 5) is 7.01. The van der Waals surface area contributed by atoms with Crippen molar-refractivity contribution in [3.8, 4) is 0 Å². The highest BCUT2D eigenvalue weighted by molar-refractivity contribution is 4.96. The van der Waals surface area contributed by atoms with Crippen molar-refractivity contribution in [3.05, 3.63) is 11.7 Å². The molecule has 1 aromatic heterocycles. The summed E-state index contributed by atoms with van der Waals surface area (Å²) in [6, 6.07) is 0. The van der Waals surface area contributed by atoms with E-state index in [1.165, 1.54) is 51.6 Å². The minimum Gasteiger partial charge on any atom is -0.339 e. The average Bonchev–Trinajstić information content (AvgIpc) is 3.01. The van der Waals surface area contributed by atoms with Crippen molar-refractivity contribution in [2.45, 2.75) is 51.4 Å². The molecule has 18 heavy (non-hydrogen) atoms. The van der Waals surface area contributed by atoms with Crippen LogP contribution in [0.3, 0.4) is 0 Å². The van der Waals surface area contributed by atoms with Gasteiger partial charge in [-0.3, -0.25) is 0 Å². The summed E-state index contributed by atoms with van der Waals surface area (Å²) in [5, 5.41) is 3.92. The normalized spacial score (nSPS) is 26.8. The van der Waals surface area contributed by atoms with Gasteiger partial charge in [0.15, 0.2) is 5.82 Å². The Hall–Kier alpha value is -0.900. The molecule has 0 bridgehead atoms. The molecule has 0 spiro atoms. The fourth-order valence-corrected chi connectivity index (χ4v) is 3.46. The van der Waals surface area contributed by atoms with E-state index in [0.717, 1.165) is 24.2 Å². The Kier molecular flexibility index (Phi) is 3.64. The van der Waals surface area contributed by atoms with Gasteiger partial charge in [-0.25, -0.2) is 0 Å². The molecule has 100 valence electrons. The number of hydrogen-bond acceptors (Lipinski definition) is 4. The third-order valence-electron chi connectivity index (χ3n) is 4.39. The Morgan fingerprint density at radius 1 is 1.22 bits per heavy atom. The van der Waals surface area contributed by atoms with Gasteiger partial charge >= 0.3 is 0 Å². The predicted octanol–water partition coefficient (Wildman–Crippen LogP) is 2.75. The number of hydrogen-bond donors (Lipinski definition) is 0. The fraction of sp³-hybridized carbons (Fsp3) is 0.857. The Balaban J connectivity index is 1.57. The average molecular weight is 249 g/mol. The molecule has 1 aliphatic heterocycles. The molecule has 1 atom stereocenters. The van der Waals surface area contributed by atoms with Crippen LogP contribution in [-0.4, -0.2) is 34.7 Å². The summed E-state index contributed by atoms with van der Waals surface area (Å²) in [7, 11) is 0. The number of rotatable bonds is 3. The summed E-state index contributed by atoms with van der Waals surface area (Å²) >= 11 is 0. The highest BCUT2D eigenvalue weighted by Crippen LogP contribution is 2.30. The van der Waals surface area contributed by atoms with Crippen molar-refractivity contribution >= 4 is 0 Å². The number of piperidine rings is 1. The molecule has 3 rings (SSSR count). The van der Waals surface area contributed by atoms with E-state index in [2.05, 4.69) is 15.0 Å². The zero-order valence-electron chi connectivity index (χ0n) is 11.3. The smallest absolute Gasteiger partial charge is 0.231 e. The van der Waals surface area contributed by atoms with Crippen molar-refractivity contribution in [2.75, 3.05) is 19.6 Å². The van der Waals surface area contributed by atoms with Crippen LogP contribution < -0.4 is 0 Å². The first-order valence-corrected chi connectivity index (χ1v) is 7.34. The van der Waals surface area contributed by atoms with Crippen molar-refractivity contribution in [3.63, 3.8) is 0 Å². The van der Waals surface area contributed by atoms with Crippen molar-refractivity contribution < 1.29 is 4.52 Å². The van der Waals surface area contributed by atoms with E-state index < -0.39 is 0 Å². The third-order valence-corrected chi connectivity index (χ3v) is 4.39. The number of aryl methyl sites for hydroxylation is 1. The highest BCUT2D eigenvalue weighted by Gasteiger charge is 2.27. The predicted molar refractivity (Wildman–Crippen MR) is 69.4 cm³/mol. The van der Waals surface area contributed by atoms with Crippen LogP contribution in [0.2, 0.25) is 0 Å². The maximum absolute atomic E-state index is 5.33. The lowest BCUT2D eigenvalue weighted by atomic mass is 9.96. The molecule has 4 nitrogen and oxygen atoms in total. The molecule has 4 heteroatoms. The van der Waals surface area contributed by atoms with Gasteiger partial charge < -0.3 is 9.42 Å². The first kappa shape index (κ1) is 12.2. The van der Waals surface area contributed by atoms with Gasteiger partial charge in [0.25, 0.3) is 0 Å². The van der Waals surface area contributed by atoms with Gasteiger partial charge in [-0.15, -0.1) is 0 Å². The zero-order valence-corrected chi connectivity index (χ0v) is 11.3. The van der Waals surface area contributed by atoms with Crippen molar-refractivity contribution in [1.82, 2.24) is 15.0 Å². The number of aromatic nitrogens is 2. The first-order valence-electron chi connectivity index (χ1n) is 7.34. The zero-order chi connectivity index (χ0) is 12.4. The molecule has 0 N–H and O–H groups in total. The summed E-state index contributed by atoms with van der Waals surface area (Å²) < 4.78 is 5.33. The number of nitrogens with zero attached hydrogens (tertiary/aromatic N) is 3. The molecule has 1 unspecified atom stereocenters. The maximum atomic E-state index is 5.33. The van der Waals surface area contributed by atoms with Crippen LogP contribution in [-0.2, 0) is 0 Å². The third kappa shape index (κ3) is 2.74. The molecule has 1 aromatic rings. The molecular formula is C14H23N3O. The SMILES string of the molecule is Cc1noc(C2CCCN(CC3CCCC3)C2)n1. The van der Waals surface area contributed by atoms with Crippen LogP contribution >= 0.6 is 0 Å². The largest absolute Gasteiger partial charge is 0.339 e. The molecular weight excluding hydrogens is 226 g/mol. The Bertz CT molecular complexity index is 384. The molecule has 0 amide bonds. The Morgan fingerprint density at radius 2 is 2.06 bits per heavy atom. The molecule has 0 radical (unpaired) electrons. The Morgan fingerprint density at radius 3 is 2.78 bits per heavy atom. The lowest BCUT2D eigenvalue weighted by Crippen LogP contribution is -2.37. The van der Waals surface area contributed by atoms with Crippen molar-refractivity contribution in [1.29, 1.82) is 0 Å². The van der Waals surface area contributed by atoms with Crippen LogP contribution in [0.4, 0.5) is 0 Å². The summed E-state index contributed by atoms with van der Waals surface area (Å²) in [5.41, 5.74) is 0. The molecule has 2 fully saturated rings. The van der Waals surface area contributed by atoms with Crippen molar-refractivity contribution in [2.24, 2.45) is 5.92 Å². The number of likely N-dealkylation sites (tertiary alicyclic amines) is 1. The molecule has 0 aromatic carbocycles. The van der Waals surface area contributed by atoms with E-state index in [4.69, 9.17) is 4.52 Å². The van der Waals surface area contributed by atoms with Gasteiger partial charge in [-0.1, -0.05) is 18.0 Å². The van der Waals surface area contributed by atoms with E-state index in [1.54, 1.807) is 0 Å². The minimum absolute atomic E-state index is 0.460. The van der Waals surface area contributed by atoms with Crippen LogP contribution in [0.5, 0.6) is 0 Å². The fourth-order valence-electron chi connectivity index (χ4n) is 3.46. The molecule has 1 saturated heterocycles. The van der Waals surface area contributed by atoms with Gasteiger partial charge in [0.2, 0.25) is 5.89 Å². The lowest BCUT2D eigenvalue weighted by molar-refractivity contribution is 0.164. The summed E-state index contributed by atoms with van der Waals surface area (Å²) in [5.74, 6) is 3.01. The van der Waals surface area contributed by atoms with Crippen LogP contribution in [0.1, 0.15) is 56.2 Å². The lowest BCUT2D eigenvalue weighted by Gasteiger charge is -2.32. The monoisotopic (exact) mass is 249 g/mol. The molecule has 1 aliphatic carbocycles. The van der Waals surface area contributed by atoms with Crippen LogP contribution in [0.25, 0.3) is 0 Å². The first-order chi connectivity index (χ1) is 8.81. The van der Waals surface area contributed by atoms with Gasteiger partial charge in [-0.05, 0) is 45.1 Å². The van der Waals surface area contributed by atoms with Gasteiger partial charge in [0, 0.05) is 13.1 Å². The van der Waals surface area contributed by atoms with E-state index in [9.17, 15) is 0 Å². The standard InChI is InChI=1S/C14H23N3O/c1-11-15-14(18-16-11)13-7-4-8-17(10-13)9-12-5-2-3-6-12/h12-13H,2-10H2,1H3. The highest BCUT2D eigenvalue weighted by atomic mass is 16.5. The molecule has 1 saturated carbocycles. The topological polar surface area (TPSA) is 42.2 Å². The van der Waals surface area contributed by atoms with Crippen LogP contribution in [0, 0.1) is 12.8 Å². The van der Waals surface area contributed by atoms with Crippen LogP contribution in [0.15, 0.2) is 4.52 Å².